The van der Waals surface area contributed by atoms with Crippen molar-refractivity contribution in [1.29, 1.82) is 0 Å². The summed E-state index contributed by atoms with van der Waals surface area (Å²) in [5.41, 5.74) is 3.02. The first kappa shape index (κ1) is 16.3. The molecule has 0 radical (unpaired) electrons. The first-order chi connectivity index (χ1) is 12.6. The number of hydrogen-bond acceptors (Lipinski definition) is 5. The normalized spacial score (nSPS) is 15.7. The lowest BCUT2D eigenvalue weighted by molar-refractivity contribution is -0.130. The maximum Gasteiger partial charge on any atom is 0.359 e. The van der Waals surface area contributed by atoms with E-state index in [-0.39, 0.29) is 12.2 Å². The van der Waals surface area contributed by atoms with E-state index in [9.17, 15) is 14.4 Å². The number of carbonyl (C=O) groups is 3. The number of carbonyl (C=O) groups excluding carboxylic acids is 3. The van der Waals surface area contributed by atoms with Gasteiger partial charge in [0, 0.05) is 24.3 Å². The van der Waals surface area contributed by atoms with Gasteiger partial charge in [0.15, 0.2) is 12.3 Å². The number of aromatic nitrogens is 2. The minimum absolute atomic E-state index is 0.250. The van der Waals surface area contributed by atoms with Gasteiger partial charge in [-0.2, -0.15) is 5.10 Å². The van der Waals surface area contributed by atoms with Crippen molar-refractivity contribution >= 4 is 17.9 Å². The van der Waals surface area contributed by atoms with E-state index in [4.69, 9.17) is 4.74 Å². The molecule has 0 unspecified atom stereocenters. The van der Waals surface area contributed by atoms with Crippen molar-refractivity contribution < 1.29 is 19.1 Å². The first-order valence-electron chi connectivity index (χ1n) is 8.56. The molecule has 0 bridgehead atoms. The number of nitrogens with one attached hydrogen (secondary N) is 1. The number of para-hydroxylation sites is 1. The van der Waals surface area contributed by atoms with Gasteiger partial charge in [-0.15, -0.1) is 0 Å². The van der Waals surface area contributed by atoms with Crippen molar-refractivity contribution in [3.8, 4) is 5.69 Å². The first-order valence-corrected chi connectivity index (χ1v) is 8.56. The predicted molar refractivity (Wildman–Crippen MR) is 91.0 cm³/mol. The van der Waals surface area contributed by atoms with Crippen LogP contribution in [0.15, 0.2) is 30.3 Å². The topological polar surface area (TPSA) is 93.5 Å². The van der Waals surface area contributed by atoms with Crippen LogP contribution in [0.1, 0.15) is 28.2 Å². The largest absolute Gasteiger partial charge is 0.451 e. The second-order valence-corrected chi connectivity index (χ2v) is 6.23. The molecule has 3 amide bonds. The predicted octanol–water partition coefficient (Wildman–Crippen LogP) is 1.07. The van der Waals surface area contributed by atoms with Crippen LogP contribution in [0.5, 0.6) is 0 Å². The fourth-order valence-corrected chi connectivity index (χ4v) is 3.37. The lowest BCUT2D eigenvalue weighted by Gasteiger charge is -2.11. The lowest BCUT2D eigenvalue weighted by Crippen LogP contribution is -2.37. The Labute approximate surface area is 149 Å². The number of ether oxygens (including phenoxy) is 1. The summed E-state index contributed by atoms with van der Waals surface area (Å²) in [5.74, 6) is -1.17. The van der Waals surface area contributed by atoms with E-state index in [0.29, 0.717) is 6.54 Å². The molecule has 2 aromatic rings. The number of nitrogens with zero attached hydrogens (tertiary/aromatic N) is 3. The third kappa shape index (κ3) is 2.83. The van der Waals surface area contributed by atoms with Gasteiger partial charge in [-0.05, 0) is 31.4 Å². The Hall–Kier alpha value is -3.16. The van der Waals surface area contributed by atoms with E-state index in [1.165, 1.54) is 0 Å². The summed E-state index contributed by atoms with van der Waals surface area (Å²) >= 11 is 0. The van der Waals surface area contributed by atoms with Gasteiger partial charge in [0.1, 0.15) is 0 Å². The molecule has 1 aromatic heterocycles. The second kappa shape index (κ2) is 6.62. The van der Waals surface area contributed by atoms with Crippen LogP contribution in [0.3, 0.4) is 0 Å². The third-order valence-corrected chi connectivity index (χ3v) is 4.61. The van der Waals surface area contributed by atoms with Gasteiger partial charge in [0.2, 0.25) is 0 Å². The second-order valence-electron chi connectivity index (χ2n) is 6.23. The van der Waals surface area contributed by atoms with Crippen molar-refractivity contribution in [2.24, 2.45) is 0 Å². The van der Waals surface area contributed by atoms with E-state index in [1.54, 1.807) is 4.68 Å². The highest BCUT2D eigenvalue weighted by Gasteiger charge is 2.30. The fourth-order valence-electron chi connectivity index (χ4n) is 3.37. The van der Waals surface area contributed by atoms with E-state index >= 15 is 0 Å². The Morgan fingerprint density at radius 3 is 2.73 bits per heavy atom. The van der Waals surface area contributed by atoms with Crippen LogP contribution in [0.4, 0.5) is 4.79 Å². The van der Waals surface area contributed by atoms with Gasteiger partial charge >= 0.3 is 12.0 Å². The highest BCUT2D eigenvalue weighted by Crippen LogP contribution is 2.28. The minimum atomic E-state index is -0.634. The molecule has 26 heavy (non-hydrogen) atoms. The average molecular weight is 354 g/mol. The van der Waals surface area contributed by atoms with Crippen molar-refractivity contribution in [1.82, 2.24) is 20.0 Å². The Morgan fingerprint density at radius 2 is 2.00 bits per heavy atom. The standard InChI is InChI=1S/C18H18N4O4/c23-15(21-10-9-19-18(21)25)11-26-17(24)16-13-7-4-8-14(13)22(20-16)12-5-2-1-3-6-12/h1-3,5-6H,4,7-11H2,(H,19,25). The molecule has 1 N–H and O–H groups in total. The average Bonchev–Trinajstić information content (AvgIpc) is 3.36. The number of benzene rings is 1. The number of hydrogen-bond donors (Lipinski definition) is 1. The smallest absolute Gasteiger partial charge is 0.359 e. The van der Waals surface area contributed by atoms with E-state index < -0.39 is 24.5 Å². The summed E-state index contributed by atoms with van der Waals surface area (Å²) in [6.07, 6.45) is 2.56. The number of fused-ring (bicyclic) bond motifs is 1. The molecule has 8 nitrogen and oxygen atoms in total. The van der Waals surface area contributed by atoms with Gasteiger partial charge in [0.05, 0.1) is 5.69 Å². The number of rotatable bonds is 4. The number of esters is 1. The molecule has 1 aromatic carbocycles. The number of urea groups is 1. The maximum atomic E-state index is 12.5. The van der Waals surface area contributed by atoms with Gasteiger partial charge in [0.25, 0.3) is 5.91 Å². The number of amides is 3. The molecule has 0 spiro atoms. The Balaban J connectivity index is 1.52. The van der Waals surface area contributed by atoms with E-state index in [2.05, 4.69) is 10.4 Å². The molecule has 1 saturated heterocycles. The van der Waals surface area contributed by atoms with Crippen molar-refractivity contribution in [2.45, 2.75) is 19.3 Å². The zero-order valence-electron chi connectivity index (χ0n) is 14.1. The van der Waals surface area contributed by atoms with Crippen LogP contribution < -0.4 is 5.32 Å². The summed E-state index contributed by atoms with van der Waals surface area (Å²) in [5, 5.41) is 6.97. The molecule has 2 heterocycles. The molecule has 134 valence electrons. The van der Waals surface area contributed by atoms with Crippen LogP contribution in [0.2, 0.25) is 0 Å². The van der Waals surface area contributed by atoms with Gasteiger partial charge in [-0.3, -0.25) is 9.69 Å². The van der Waals surface area contributed by atoms with Crippen molar-refractivity contribution in [3.05, 3.63) is 47.3 Å². The van der Waals surface area contributed by atoms with Crippen LogP contribution in [0.25, 0.3) is 5.69 Å². The summed E-state index contributed by atoms with van der Waals surface area (Å²) < 4.78 is 6.91. The van der Waals surface area contributed by atoms with Crippen LogP contribution in [-0.4, -0.2) is 52.3 Å². The van der Waals surface area contributed by atoms with Crippen molar-refractivity contribution in [3.63, 3.8) is 0 Å². The maximum absolute atomic E-state index is 12.5. The highest BCUT2D eigenvalue weighted by atomic mass is 16.5. The Kier molecular flexibility index (Phi) is 4.16. The van der Waals surface area contributed by atoms with Crippen LogP contribution >= 0.6 is 0 Å². The highest BCUT2D eigenvalue weighted by molar-refractivity contribution is 5.98. The zero-order valence-corrected chi connectivity index (χ0v) is 14.1. The molecule has 2 aliphatic rings. The van der Waals surface area contributed by atoms with Gasteiger partial charge in [-0.1, -0.05) is 18.2 Å². The molecule has 8 heteroatoms. The number of imide groups is 1. The summed E-state index contributed by atoms with van der Waals surface area (Å²) in [6, 6.07) is 9.14. The molecule has 1 fully saturated rings. The quantitative estimate of drug-likeness (QED) is 0.829. The monoisotopic (exact) mass is 354 g/mol. The summed E-state index contributed by atoms with van der Waals surface area (Å²) in [7, 11) is 0. The fraction of sp³-hybridized carbons (Fsp3) is 0.333. The van der Waals surface area contributed by atoms with E-state index in [1.807, 2.05) is 30.3 Å². The molecule has 1 aliphatic heterocycles. The molecular formula is C18H18N4O4. The Morgan fingerprint density at radius 1 is 1.19 bits per heavy atom. The van der Waals surface area contributed by atoms with Crippen molar-refractivity contribution in [2.75, 3.05) is 19.7 Å². The Bertz CT molecular complexity index is 875. The summed E-state index contributed by atoms with van der Waals surface area (Å²) in [4.78, 5) is 37.0. The van der Waals surface area contributed by atoms with E-state index in [0.717, 1.165) is 41.1 Å². The molecule has 1 aliphatic carbocycles. The van der Waals surface area contributed by atoms with Crippen LogP contribution in [0, 0.1) is 0 Å². The van der Waals surface area contributed by atoms with Gasteiger partial charge < -0.3 is 10.1 Å². The molecular weight excluding hydrogens is 336 g/mol. The molecule has 0 atom stereocenters. The minimum Gasteiger partial charge on any atom is -0.451 e. The lowest BCUT2D eigenvalue weighted by atomic mass is 10.2. The SMILES string of the molecule is O=C(OCC(=O)N1CCNC1=O)c1nn(-c2ccccc2)c2c1CCC2. The zero-order chi connectivity index (χ0) is 18.1. The molecule has 0 saturated carbocycles. The van der Waals surface area contributed by atoms with Crippen LogP contribution in [-0.2, 0) is 22.4 Å². The summed E-state index contributed by atoms with van der Waals surface area (Å²) in [6.45, 7) is 0.222. The third-order valence-electron chi connectivity index (χ3n) is 4.61. The van der Waals surface area contributed by atoms with Gasteiger partial charge in [-0.25, -0.2) is 14.3 Å². The molecule has 4 rings (SSSR count).